The average Bonchev–Trinajstić information content (AvgIpc) is 3.30. The van der Waals surface area contributed by atoms with Gasteiger partial charge in [-0.15, -0.1) is 0 Å². The van der Waals surface area contributed by atoms with Crippen LogP contribution in [0.3, 0.4) is 0 Å². The van der Waals surface area contributed by atoms with E-state index in [2.05, 4.69) is 5.32 Å². The maximum Gasteiger partial charge on any atom is 0.261 e. The molecule has 2 aromatic carbocycles. The molecule has 0 unspecified atom stereocenters. The van der Waals surface area contributed by atoms with Crippen LogP contribution in [0, 0.1) is 0 Å². The van der Waals surface area contributed by atoms with Crippen LogP contribution in [0.15, 0.2) is 42.5 Å². The number of hydrogen-bond donors (Lipinski definition) is 1. The van der Waals surface area contributed by atoms with Gasteiger partial charge in [0.25, 0.3) is 5.91 Å². The van der Waals surface area contributed by atoms with E-state index >= 15 is 0 Å². The third-order valence-electron chi connectivity index (χ3n) is 5.68. The van der Waals surface area contributed by atoms with Crippen molar-refractivity contribution in [1.29, 1.82) is 0 Å². The third kappa shape index (κ3) is 6.30. The molecule has 0 radical (unpaired) electrons. The van der Waals surface area contributed by atoms with E-state index in [9.17, 15) is 9.59 Å². The van der Waals surface area contributed by atoms with Crippen molar-refractivity contribution in [3.8, 4) is 11.5 Å². The molecular formula is C24H28Cl2N2O4. The van der Waals surface area contributed by atoms with E-state index in [1.165, 1.54) is 4.90 Å². The van der Waals surface area contributed by atoms with Gasteiger partial charge >= 0.3 is 0 Å². The summed E-state index contributed by atoms with van der Waals surface area (Å²) in [5, 5.41) is 3.94. The average molecular weight is 479 g/mol. The van der Waals surface area contributed by atoms with Gasteiger partial charge in [-0.05, 0) is 56.2 Å². The van der Waals surface area contributed by atoms with E-state index in [-0.39, 0.29) is 31.0 Å². The van der Waals surface area contributed by atoms with Gasteiger partial charge < -0.3 is 19.7 Å². The number of rotatable bonds is 9. The molecule has 6 nitrogen and oxygen atoms in total. The third-order valence-corrected chi connectivity index (χ3v) is 6.39. The monoisotopic (exact) mass is 478 g/mol. The fourth-order valence-electron chi connectivity index (χ4n) is 3.73. The van der Waals surface area contributed by atoms with Crippen LogP contribution in [-0.4, -0.2) is 42.5 Å². The van der Waals surface area contributed by atoms with E-state index in [1.54, 1.807) is 56.5 Å². The summed E-state index contributed by atoms with van der Waals surface area (Å²) < 4.78 is 10.8. The molecule has 1 atom stereocenters. The molecule has 1 fully saturated rings. The van der Waals surface area contributed by atoms with E-state index in [4.69, 9.17) is 32.7 Å². The number of carbonyl (C=O) groups excluding carboxylic acids is 2. The number of ether oxygens (including phenoxy) is 2. The summed E-state index contributed by atoms with van der Waals surface area (Å²) in [4.78, 5) is 27.5. The zero-order valence-electron chi connectivity index (χ0n) is 18.3. The Morgan fingerprint density at radius 2 is 1.66 bits per heavy atom. The normalized spacial score (nSPS) is 14.6. The summed E-state index contributed by atoms with van der Waals surface area (Å²) in [6, 6.07) is 11.5. The Hall–Kier alpha value is -2.44. The van der Waals surface area contributed by atoms with Crippen molar-refractivity contribution in [3.63, 3.8) is 0 Å². The topological polar surface area (TPSA) is 67.9 Å². The maximum absolute atomic E-state index is 13.2. The molecule has 0 spiro atoms. The quantitative estimate of drug-likeness (QED) is 0.558. The first-order valence-electron chi connectivity index (χ1n) is 10.7. The van der Waals surface area contributed by atoms with Crippen molar-refractivity contribution >= 4 is 35.0 Å². The van der Waals surface area contributed by atoms with Crippen molar-refractivity contribution in [2.45, 2.75) is 51.2 Å². The molecule has 172 valence electrons. The largest absolute Gasteiger partial charge is 0.497 e. The highest BCUT2D eigenvalue weighted by molar-refractivity contribution is 6.36. The van der Waals surface area contributed by atoms with Gasteiger partial charge in [-0.3, -0.25) is 9.59 Å². The SMILES string of the molecule is COc1ccc(OCC(=O)N(Cc2c(Cl)cccc2Cl)[C@@H](C)C(=O)NC2CCCC2)cc1. The molecule has 0 aromatic heterocycles. The highest BCUT2D eigenvalue weighted by Crippen LogP contribution is 2.27. The summed E-state index contributed by atoms with van der Waals surface area (Å²) >= 11 is 12.7. The van der Waals surface area contributed by atoms with Gasteiger partial charge in [0.2, 0.25) is 5.91 Å². The first-order chi connectivity index (χ1) is 15.4. The van der Waals surface area contributed by atoms with Crippen LogP contribution in [0.2, 0.25) is 10.0 Å². The molecule has 1 aliphatic rings. The van der Waals surface area contributed by atoms with Crippen LogP contribution in [0.1, 0.15) is 38.2 Å². The van der Waals surface area contributed by atoms with Crippen molar-refractivity contribution in [2.24, 2.45) is 0 Å². The molecule has 1 N–H and O–H groups in total. The van der Waals surface area contributed by atoms with Crippen molar-refractivity contribution in [1.82, 2.24) is 10.2 Å². The van der Waals surface area contributed by atoms with Gasteiger partial charge in [0.1, 0.15) is 17.5 Å². The van der Waals surface area contributed by atoms with E-state index in [1.807, 2.05) is 0 Å². The number of benzene rings is 2. The number of methoxy groups -OCH3 is 1. The fourth-order valence-corrected chi connectivity index (χ4v) is 4.25. The lowest BCUT2D eigenvalue weighted by atomic mass is 10.1. The van der Waals surface area contributed by atoms with Crippen molar-refractivity contribution in [2.75, 3.05) is 13.7 Å². The first kappa shape index (κ1) is 24.2. The Morgan fingerprint density at radius 3 is 2.25 bits per heavy atom. The molecule has 0 aliphatic heterocycles. The smallest absolute Gasteiger partial charge is 0.261 e. The second-order valence-corrected chi connectivity index (χ2v) is 8.67. The number of nitrogens with one attached hydrogen (secondary N) is 1. The van der Waals surface area contributed by atoms with E-state index < -0.39 is 6.04 Å². The predicted molar refractivity (Wildman–Crippen MR) is 125 cm³/mol. The van der Waals surface area contributed by atoms with Gasteiger partial charge in [0, 0.05) is 28.2 Å². The van der Waals surface area contributed by atoms with Crippen LogP contribution in [-0.2, 0) is 16.1 Å². The molecule has 1 saturated carbocycles. The molecule has 0 saturated heterocycles. The predicted octanol–water partition coefficient (Wildman–Crippen LogP) is 4.86. The summed E-state index contributed by atoms with van der Waals surface area (Å²) in [5.41, 5.74) is 0.592. The van der Waals surface area contributed by atoms with E-state index in [0.717, 1.165) is 25.7 Å². The maximum atomic E-state index is 13.2. The summed E-state index contributed by atoms with van der Waals surface area (Å²) in [6.45, 7) is 1.58. The molecule has 2 aromatic rings. The minimum absolute atomic E-state index is 0.0998. The van der Waals surface area contributed by atoms with Gasteiger partial charge in [-0.2, -0.15) is 0 Å². The molecule has 0 heterocycles. The lowest BCUT2D eigenvalue weighted by Gasteiger charge is -2.30. The summed E-state index contributed by atoms with van der Waals surface area (Å²) in [6.07, 6.45) is 4.13. The Morgan fingerprint density at radius 1 is 1.06 bits per heavy atom. The van der Waals surface area contributed by atoms with Crippen LogP contribution in [0.5, 0.6) is 11.5 Å². The number of carbonyl (C=O) groups is 2. The summed E-state index contributed by atoms with van der Waals surface area (Å²) in [5.74, 6) is 0.678. The molecule has 8 heteroatoms. The highest BCUT2D eigenvalue weighted by atomic mass is 35.5. The minimum atomic E-state index is -0.713. The number of nitrogens with zero attached hydrogens (tertiary/aromatic N) is 1. The molecule has 0 bridgehead atoms. The molecular weight excluding hydrogens is 451 g/mol. The Labute approximate surface area is 198 Å². The molecule has 1 aliphatic carbocycles. The van der Waals surface area contributed by atoms with Gasteiger partial charge in [-0.1, -0.05) is 42.1 Å². The number of amides is 2. The Kier molecular flexibility index (Phi) is 8.65. The van der Waals surface area contributed by atoms with Crippen LogP contribution in [0.4, 0.5) is 0 Å². The lowest BCUT2D eigenvalue weighted by Crippen LogP contribution is -2.50. The fraction of sp³-hybridized carbons (Fsp3) is 0.417. The Bertz CT molecular complexity index is 910. The zero-order chi connectivity index (χ0) is 23.1. The van der Waals surface area contributed by atoms with Crippen molar-refractivity contribution < 1.29 is 19.1 Å². The summed E-state index contributed by atoms with van der Waals surface area (Å²) in [7, 11) is 1.58. The minimum Gasteiger partial charge on any atom is -0.497 e. The van der Waals surface area contributed by atoms with Gasteiger partial charge in [0.05, 0.1) is 7.11 Å². The number of hydrogen-bond acceptors (Lipinski definition) is 4. The molecule has 3 rings (SSSR count). The highest BCUT2D eigenvalue weighted by Gasteiger charge is 2.29. The van der Waals surface area contributed by atoms with Crippen LogP contribution < -0.4 is 14.8 Å². The van der Waals surface area contributed by atoms with Gasteiger partial charge in [-0.25, -0.2) is 0 Å². The molecule has 32 heavy (non-hydrogen) atoms. The van der Waals surface area contributed by atoms with Crippen LogP contribution >= 0.6 is 23.2 Å². The van der Waals surface area contributed by atoms with E-state index in [0.29, 0.717) is 27.1 Å². The Balaban J connectivity index is 1.74. The zero-order valence-corrected chi connectivity index (χ0v) is 19.8. The standard InChI is InChI=1S/C24H28Cl2N2O4/c1-16(24(30)27-17-6-3-4-7-17)28(14-20-21(25)8-5-9-22(20)26)23(29)15-32-19-12-10-18(31-2)11-13-19/h5,8-13,16-17H,3-4,6-7,14-15H2,1-2H3,(H,27,30)/t16-/m0/s1. The van der Waals surface area contributed by atoms with Crippen LogP contribution in [0.25, 0.3) is 0 Å². The lowest BCUT2D eigenvalue weighted by molar-refractivity contribution is -0.142. The second kappa shape index (κ2) is 11.4. The molecule has 2 amide bonds. The van der Waals surface area contributed by atoms with Crippen molar-refractivity contribution in [3.05, 3.63) is 58.1 Å². The first-order valence-corrected chi connectivity index (χ1v) is 11.4. The second-order valence-electron chi connectivity index (χ2n) is 7.85. The number of halogens is 2. The van der Waals surface area contributed by atoms with Gasteiger partial charge in [0.15, 0.2) is 6.61 Å².